The molecule has 0 aliphatic carbocycles. The minimum Gasteiger partial charge on any atom is -0.467 e. The second-order valence-electron chi connectivity index (χ2n) is 4.35. The van der Waals surface area contributed by atoms with E-state index in [1.54, 1.807) is 0 Å². The van der Waals surface area contributed by atoms with Crippen LogP contribution in [-0.2, 0) is 20.7 Å². The molecule has 1 heterocycles. The highest BCUT2D eigenvalue weighted by Crippen LogP contribution is 2.19. The monoisotopic (exact) mass is 272 g/mol. The highest BCUT2D eigenvalue weighted by molar-refractivity contribution is 5.91. The Labute approximate surface area is 116 Å². The lowest BCUT2D eigenvalue weighted by molar-refractivity contribution is -0.144. The van der Waals surface area contributed by atoms with Gasteiger partial charge in [-0.2, -0.15) is 0 Å². The molecule has 0 aliphatic rings. The van der Waals surface area contributed by atoms with Crippen molar-refractivity contribution >= 4 is 22.8 Å². The van der Waals surface area contributed by atoms with Crippen molar-refractivity contribution < 1.29 is 14.3 Å². The third-order valence-electron chi connectivity index (χ3n) is 3.09. The van der Waals surface area contributed by atoms with Crippen molar-refractivity contribution in [3.05, 3.63) is 48.7 Å². The van der Waals surface area contributed by atoms with E-state index in [9.17, 15) is 9.59 Å². The smallest absolute Gasteiger partial charge is 0.328 e. The lowest BCUT2D eigenvalue weighted by atomic mass is 10.0. The second-order valence-corrected chi connectivity index (χ2v) is 4.35. The molecule has 0 aliphatic heterocycles. The summed E-state index contributed by atoms with van der Waals surface area (Å²) in [5.41, 5.74) is 1.93. The Hall–Kier alpha value is -2.56. The van der Waals surface area contributed by atoms with Gasteiger partial charge < -0.3 is 15.0 Å². The maximum absolute atomic E-state index is 11.7. The SMILES string of the molecule is C=CC(=O)NC(Cc1c[nH]c2ccccc12)C(=O)OC. The molecule has 1 amide bonds. The van der Waals surface area contributed by atoms with Gasteiger partial charge in [0.15, 0.2) is 0 Å². The first-order valence-electron chi connectivity index (χ1n) is 6.21. The van der Waals surface area contributed by atoms with E-state index in [0.717, 1.165) is 22.5 Å². The van der Waals surface area contributed by atoms with E-state index < -0.39 is 17.9 Å². The van der Waals surface area contributed by atoms with Crippen LogP contribution in [0.2, 0.25) is 0 Å². The number of benzene rings is 1. The number of hydrogen-bond donors (Lipinski definition) is 2. The molecule has 1 atom stereocenters. The Kier molecular flexibility index (Phi) is 4.20. The summed E-state index contributed by atoms with van der Waals surface area (Å²) in [6, 6.07) is 7.04. The van der Waals surface area contributed by atoms with Crippen molar-refractivity contribution in [2.24, 2.45) is 0 Å². The molecule has 5 nitrogen and oxygen atoms in total. The lowest BCUT2D eigenvalue weighted by Gasteiger charge is -2.15. The quantitative estimate of drug-likeness (QED) is 0.641. The number of esters is 1. The molecule has 104 valence electrons. The van der Waals surface area contributed by atoms with Gasteiger partial charge in [0, 0.05) is 23.5 Å². The topological polar surface area (TPSA) is 71.2 Å². The zero-order valence-electron chi connectivity index (χ0n) is 11.2. The van der Waals surface area contributed by atoms with Crippen LogP contribution in [0.15, 0.2) is 43.1 Å². The number of H-pyrrole nitrogens is 1. The number of amides is 1. The van der Waals surface area contributed by atoms with E-state index in [1.165, 1.54) is 7.11 Å². The predicted molar refractivity (Wildman–Crippen MR) is 76.1 cm³/mol. The van der Waals surface area contributed by atoms with Crippen LogP contribution in [0, 0.1) is 0 Å². The minimum atomic E-state index is -0.732. The first-order chi connectivity index (χ1) is 9.65. The summed E-state index contributed by atoms with van der Waals surface area (Å²) in [4.78, 5) is 26.3. The van der Waals surface area contributed by atoms with Gasteiger partial charge in [-0.05, 0) is 17.7 Å². The number of aromatic nitrogens is 1. The number of rotatable bonds is 5. The van der Waals surface area contributed by atoms with Gasteiger partial charge >= 0.3 is 5.97 Å². The summed E-state index contributed by atoms with van der Waals surface area (Å²) in [7, 11) is 1.30. The van der Waals surface area contributed by atoms with Crippen molar-refractivity contribution in [1.82, 2.24) is 10.3 Å². The fourth-order valence-corrected chi connectivity index (χ4v) is 2.09. The summed E-state index contributed by atoms with van der Waals surface area (Å²) in [6.07, 6.45) is 3.32. The summed E-state index contributed by atoms with van der Waals surface area (Å²) >= 11 is 0. The van der Waals surface area contributed by atoms with Gasteiger partial charge in [0.1, 0.15) is 6.04 Å². The van der Waals surface area contributed by atoms with E-state index in [0.29, 0.717) is 6.42 Å². The molecule has 0 bridgehead atoms. The van der Waals surface area contributed by atoms with Crippen molar-refractivity contribution in [1.29, 1.82) is 0 Å². The molecule has 0 saturated carbocycles. The first-order valence-corrected chi connectivity index (χ1v) is 6.21. The fraction of sp³-hybridized carbons (Fsp3) is 0.200. The number of aromatic amines is 1. The van der Waals surface area contributed by atoms with E-state index >= 15 is 0 Å². The highest BCUT2D eigenvalue weighted by atomic mass is 16.5. The molecule has 0 fully saturated rings. The molecule has 0 radical (unpaired) electrons. The normalized spacial score (nSPS) is 11.8. The van der Waals surface area contributed by atoms with Crippen LogP contribution in [0.25, 0.3) is 10.9 Å². The van der Waals surface area contributed by atoms with Gasteiger partial charge in [0.25, 0.3) is 0 Å². The Morgan fingerprint density at radius 1 is 1.45 bits per heavy atom. The summed E-state index contributed by atoms with van der Waals surface area (Å²) in [6.45, 7) is 3.38. The van der Waals surface area contributed by atoms with Crippen LogP contribution in [0.3, 0.4) is 0 Å². The van der Waals surface area contributed by atoms with Crippen LogP contribution in [0.1, 0.15) is 5.56 Å². The molecule has 0 spiro atoms. The van der Waals surface area contributed by atoms with Crippen molar-refractivity contribution in [2.45, 2.75) is 12.5 Å². The fourth-order valence-electron chi connectivity index (χ4n) is 2.09. The van der Waals surface area contributed by atoms with Crippen LogP contribution >= 0.6 is 0 Å². The van der Waals surface area contributed by atoms with Crippen LogP contribution in [0.4, 0.5) is 0 Å². The molecule has 2 rings (SSSR count). The van der Waals surface area contributed by atoms with Gasteiger partial charge in [-0.25, -0.2) is 4.79 Å². The molecular formula is C15H16N2O3. The average molecular weight is 272 g/mol. The van der Waals surface area contributed by atoms with Crippen molar-refractivity contribution in [2.75, 3.05) is 7.11 Å². The molecule has 0 saturated heterocycles. The maximum atomic E-state index is 11.7. The van der Waals surface area contributed by atoms with E-state index in [4.69, 9.17) is 4.74 Å². The molecule has 20 heavy (non-hydrogen) atoms. The molecule has 5 heteroatoms. The summed E-state index contributed by atoms with van der Waals surface area (Å²) in [5.74, 6) is -0.884. The van der Waals surface area contributed by atoms with E-state index in [2.05, 4.69) is 16.9 Å². The molecule has 1 aromatic heterocycles. The van der Waals surface area contributed by atoms with Crippen LogP contribution < -0.4 is 5.32 Å². The number of para-hydroxylation sites is 1. The Balaban J connectivity index is 2.24. The standard InChI is InChI=1S/C15H16N2O3/c1-3-14(18)17-13(15(19)20-2)8-10-9-16-12-7-5-4-6-11(10)12/h3-7,9,13,16H,1,8H2,2H3,(H,17,18). The summed E-state index contributed by atoms with van der Waals surface area (Å²) in [5, 5.41) is 3.60. The zero-order valence-corrected chi connectivity index (χ0v) is 11.2. The van der Waals surface area contributed by atoms with Gasteiger partial charge in [-0.1, -0.05) is 24.8 Å². The molecule has 1 unspecified atom stereocenters. The van der Waals surface area contributed by atoms with Crippen molar-refractivity contribution in [3.8, 4) is 0 Å². The Morgan fingerprint density at radius 2 is 2.20 bits per heavy atom. The Bertz CT molecular complexity index is 645. The molecular weight excluding hydrogens is 256 g/mol. The first kappa shape index (κ1) is 13.9. The van der Waals surface area contributed by atoms with E-state index in [-0.39, 0.29) is 0 Å². The van der Waals surface area contributed by atoms with Crippen LogP contribution in [0.5, 0.6) is 0 Å². The van der Waals surface area contributed by atoms with Gasteiger partial charge in [-0.15, -0.1) is 0 Å². The number of hydrogen-bond acceptors (Lipinski definition) is 3. The second kappa shape index (κ2) is 6.06. The number of carbonyl (C=O) groups is 2. The average Bonchev–Trinajstić information content (AvgIpc) is 2.89. The third kappa shape index (κ3) is 2.88. The molecule has 1 aromatic carbocycles. The minimum absolute atomic E-state index is 0.357. The number of ether oxygens (including phenoxy) is 1. The summed E-state index contributed by atoms with van der Waals surface area (Å²) < 4.78 is 4.72. The van der Waals surface area contributed by atoms with Gasteiger partial charge in [0.2, 0.25) is 5.91 Å². The van der Waals surface area contributed by atoms with Crippen molar-refractivity contribution in [3.63, 3.8) is 0 Å². The maximum Gasteiger partial charge on any atom is 0.328 e. The Morgan fingerprint density at radius 3 is 2.90 bits per heavy atom. The molecule has 2 aromatic rings. The predicted octanol–water partition coefficient (Wildman–Crippen LogP) is 1.55. The van der Waals surface area contributed by atoms with E-state index in [1.807, 2.05) is 30.5 Å². The third-order valence-corrected chi connectivity index (χ3v) is 3.09. The van der Waals surface area contributed by atoms with Crippen LogP contribution in [-0.4, -0.2) is 30.0 Å². The van der Waals surface area contributed by atoms with Gasteiger partial charge in [-0.3, -0.25) is 4.79 Å². The highest BCUT2D eigenvalue weighted by Gasteiger charge is 2.22. The number of methoxy groups -OCH3 is 1. The largest absolute Gasteiger partial charge is 0.467 e. The molecule has 2 N–H and O–H groups in total. The zero-order chi connectivity index (χ0) is 14.5. The van der Waals surface area contributed by atoms with Gasteiger partial charge in [0.05, 0.1) is 7.11 Å². The lowest BCUT2D eigenvalue weighted by Crippen LogP contribution is -2.42. The number of carbonyl (C=O) groups excluding carboxylic acids is 2. The number of fused-ring (bicyclic) bond motifs is 1. The number of nitrogens with one attached hydrogen (secondary N) is 2.